The summed E-state index contributed by atoms with van der Waals surface area (Å²) in [5, 5.41) is 0. The highest BCUT2D eigenvalue weighted by Gasteiger charge is 2.28. The Morgan fingerprint density at radius 2 is 1.82 bits per heavy atom. The van der Waals surface area contributed by atoms with E-state index in [4.69, 9.17) is 15.2 Å². The molecule has 0 saturated carbocycles. The minimum absolute atomic E-state index is 0.342. The predicted molar refractivity (Wildman–Crippen MR) is 70.2 cm³/mol. The van der Waals surface area contributed by atoms with Crippen LogP contribution in [-0.2, 0) is 10.3 Å². The zero-order chi connectivity index (χ0) is 12.9. The summed E-state index contributed by atoms with van der Waals surface area (Å²) < 4.78 is 10.3. The first-order valence-electron chi connectivity index (χ1n) is 5.94. The number of hydrogen-bond donors (Lipinski definition) is 1. The Labute approximate surface area is 104 Å². The summed E-state index contributed by atoms with van der Waals surface area (Å²) in [6.45, 7) is 4.96. The molecule has 3 heteroatoms. The second-order valence-corrected chi connectivity index (χ2v) is 4.69. The Kier molecular flexibility index (Phi) is 4.97. The highest BCUT2D eigenvalue weighted by Crippen LogP contribution is 2.29. The first-order valence-corrected chi connectivity index (χ1v) is 5.94. The van der Waals surface area contributed by atoms with Crippen LogP contribution in [0.4, 0.5) is 0 Å². The van der Waals surface area contributed by atoms with Crippen molar-refractivity contribution in [3.05, 3.63) is 29.8 Å². The van der Waals surface area contributed by atoms with Crippen LogP contribution in [-0.4, -0.2) is 20.8 Å². The van der Waals surface area contributed by atoms with Crippen molar-refractivity contribution in [2.24, 2.45) is 11.7 Å². The Bertz CT molecular complexity index is 333. The van der Waals surface area contributed by atoms with Gasteiger partial charge in [0, 0.05) is 19.3 Å². The maximum atomic E-state index is 6.42. The van der Waals surface area contributed by atoms with Crippen LogP contribution in [0.15, 0.2) is 24.3 Å². The van der Waals surface area contributed by atoms with Crippen LogP contribution in [0.25, 0.3) is 0 Å². The molecule has 3 nitrogen and oxygen atoms in total. The van der Waals surface area contributed by atoms with Crippen LogP contribution in [0.1, 0.15) is 25.8 Å². The summed E-state index contributed by atoms with van der Waals surface area (Å²) in [6.07, 6.45) is 0.954. The molecule has 0 aliphatic heterocycles. The van der Waals surface area contributed by atoms with E-state index in [1.807, 2.05) is 24.3 Å². The molecule has 0 bridgehead atoms. The van der Waals surface area contributed by atoms with Gasteiger partial charge in [-0.3, -0.25) is 0 Å². The van der Waals surface area contributed by atoms with Crippen molar-refractivity contribution < 1.29 is 9.47 Å². The van der Waals surface area contributed by atoms with Gasteiger partial charge >= 0.3 is 0 Å². The average molecular weight is 237 g/mol. The first-order chi connectivity index (χ1) is 8.02. The van der Waals surface area contributed by atoms with Crippen LogP contribution >= 0.6 is 0 Å². The third-order valence-electron chi connectivity index (χ3n) is 3.49. The second kappa shape index (κ2) is 6.03. The van der Waals surface area contributed by atoms with Gasteiger partial charge in [-0.25, -0.2) is 0 Å². The number of nitrogens with two attached hydrogens (primary N) is 1. The molecule has 2 atom stereocenters. The fourth-order valence-corrected chi connectivity index (χ4v) is 1.83. The molecule has 0 radical (unpaired) electrons. The van der Waals surface area contributed by atoms with E-state index in [-0.39, 0.29) is 5.54 Å². The molecular formula is C14H23NO2. The van der Waals surface area contributed by atoms with Gasteiger partial charge in [0.2, 0.25) is 0 Å². The predicted octanol–water partition coefficient (Wildman–Crippen LogP) is 2.54. The number of hydrogen-bond acceptors (Lipinski definition) is 3. The largest absolute Gasteiger partial charge is 0.497 e. The van der Waals surface area contributed by atoms with E-state index in [0.717, 1.165) is 24.3 Å². The molecule has 0 amide bonds. The topological polar surface area (TPSA) is 44.5 Å². The highest BCUT2D eigenvalue weighted by molar-refractivity contribution is 5.31. The average Bonchev–Trinajstić information content (AvgIpc) is 2.35. The maximum Gasteiger partial charge on any atom is 0.118 e. The van der Waals surface area contributed by atoms with Crippen LogP contribution in [0, 0.1) is 5.92 Å². The molecule has 96 valence electrons. The Hall–Kier alpha value is -1.06. The lowest BCUT2D eigenvalue weighted by Gasteiger charge is -2.32. The molecule has 0 aliphatic rings. The number of ether oxygens (including phenoxy) is 2. The highest BCUT2D eigenvalue weighted by atomic mass is 16.5. The quantitative estimate of drug-likeness (QED) is 0.827. The summed E-state index contributed by atoms with van der Waals surface area (Å²) in [5.41, 5.74) is 7.20. The van der Waals surface area contributed by atoms with Gasteiger partial charge in [-0.2, -0.15) is 0 Å². The molecule has 0 aromatic heterocycles. The standard InChI is InChI=1S/C14H23NO2/c1-11(9-10-16-3)14(2,15)12-5-7-13(17-4)8-6-12/h5-8,11H,9-10,15H2,1-4H3. The van der Waals surface area contributed by atoms with Gasteiger partial charge in [-0.15, -0.1) is 0 Å². The second-order valence-electron chi connectivity index (χ2n) is 4.69. The molecule has 0 saturated heterocycles. The number of rotatable bonds is 6. The van der Waals surface area contributed by atoms with E-state index in [9.17, 15) is 0 Å². The van der Waals surface area contributed by atoms with Crippen molar-refractivity contribution in [3.63, 3.8) is 0 Å². The van der Waals surface area contributed by atoms with Gasteiger partial charge in [-0.1, -0.05) is 19.1 Å². The lowest BCUT2D eigenvalue weighted by molar-refractivity contribution is 0.159. The van der Waals surface area contributed by atoms with Crippen LogP contribution in [0.2, 0.25) is 0 Å². The van der Waals surface area contributed by atoms with Crippen molar-refractivity contribution >= 4 is 0 Å². The van der Waals surface area contributed by atoms with E-state index in [0.29, 0.717) is 5.92 Å². The number of methoxy groups -OCH3 is 2. The molecular weight excluding hydrogens is 214 g/mol. The lowest BCUT2D eigenvalue weighted by Crippen LogP contribution is -2.40. The normalized spacial score (nSPS) is 16.3. The van der Waals surface area contributed by atoms with Crippen molar-refractivity contribution in [1.82, 2.24) is 0 Å². The van der Waals surface area contributed by atoms with Gasteiger partial charge in [0.15, 0.2) is 0 Å². The maximum absolute atomic E-state index is 6.42. The molecule has 2 N–H and O–H groups in total. The van der Waals surface area contributed by atoms with E-state index in [1.54, 1.807) is 14.2 Å². The van der Waals surface area contributed by atoms with E-state index < -0.39 is 0 Å². The van der Waals surface area contributed by atoms with E-state index >= 15 is 0 Å². The van der Waals surface area contributed by atoms with Crippen LogP contribution in [0.5, 0.6) is 5.75 Å². The van der Waals surface area contributed by atoms with Gasteiger partial charge < -0.3 is 15.2 Å². The van der Waals surface area contributed by atoms with Crippen LogP contribution in [0.3, 0.4) is 0 Å². The molecule has 0 aliphatic carbocycles. The molecule has 0 fully saturated rings. The van der Waals surface area contributed by atoms with Crippen LogP contribution < -0.4 is 10.5 Å². The van der Waals surface area contributed by atoms with Crippen molar-refractivity contribution in [3.8, 4) is 5.75 Å². The summed E-state index contributed by atoms with van der Waals surface area (Å²) in [4.78, 5) is 0. The molecule has 1 aromatic rings. The summed E-state index contributed by atoms with van der Waals surface area (Å²) >= 11 is 0. The smallest absolute Gasteiger partial charge is 0.118 e. The molecule has 0 spiro atoms. The molecule has 1 aromatic carbocycles. The molecule has 2 unspecified atom stereocenters. The van der Waals surface area contributed by atoms with Gasteiger partial charge in [0.25, 0.3) is 0 Å². The molecule has 17 heavy (non-hydrogen) atoms. The summed E-state index contributed by atoms with van der Waals surface area (Å²) in [5.74, 6) is 1.21. The summed E-state index contributed by atoms with van der Waals surface area (Å²) in [6, 6.07) is 7.96. The molecule has 0 heterocycles. The van der Waals surface area contributed by atoms with E-state index in [1.165, 1.54) is 0 Å². The summed E-state index contributed by atoms with van der Waals surface area (Å²) in [7, 11) is 3.38. The van der Waals surface area contributed by atoms with Crippen molar-refractivity contribution in [2.45, 2.75) is 25.8 Å². The van der Waals surface area contributed by atoms with Gasteiger partial charge in [-0.05, 0) is 37.0 Å². The minimum atomic E-state index is -0.342. The third-order valence-corrected chi connectivity index (χ3v) is 3.49. The number of benzene rings is 1. The minimum Gasteiger partial charge on any atom is -0.497 e. The fraction of sp³-hybridized carbons (Fsp3) is 0.571. The monoisotopic (exact) mass is 237 g/mol. The van der Waals surface area contributed by atoms with Gasteiger partial charge in [0.05, 0.1) is 7.11 Å². The van der Waals surface area contributed by atoms with Crippen molar-refractivity contribution in [1.29, 1.82) is 0 Å². The Morgan fingerprint density at radius 1 is 1.24 bits per heavy atom. The van der Waals surface area contributed by atoms with Crippen molar-refractivity contribution in [2.75, 3.05) is 20.8 Å². The fourth-order valence-electron chi connectivity index (χ4n) is 1.83. The zero-order valence-corrected chi connectivity index (χ0v) is 11.2. The molecule has 1 rings (SSSR count). The first kappa shape index (κ1) is 14.0. The van der Waals surface area contributed by atoms with Gasteiger partial charge in [0.1, 0.15) is 5.75 Å². The van der Waals surface area contributed by atoms with E-state index in [2.05, 4.69) is 13.8 Å². The Balaban J connectivity index is 2.79. The lowest BCUT2D eigenvalue weighted by atomic mass is 9.80. The zero-order valence-electron chi connectivity index (χ0n) is 11.2. The third kappa shape index (κ3) is 3.45. The SMILES string of the molecule is COCCC(C)C(C)(N)c1ccc(OC)cc1. The Morgan fingerprint density at radius 3 is 2.29 bits per heavy atom.